The highest BCUT2D eigenvalue weighted by Gasteiger charge is 2.20. The van der Waals surface area contributed by atoms with E-state index in [1.807, 2.05) is 0 Å². The molecule has 0 amide bonds. The van der Waals surface area contributed by atoms with Crippen LogP contribution in [0.4, 0.5) is 0 Å². The molecule has 0 aliphatic rings. The normalized spacial score (nSPS) is 14.7. The Morgan fingerprint density at radius 1 is 1.00 bits per heavy atom. The second-order valence-electron chi connectivity index (χ2n) is 3.20. The van der Waals surface area contributed by atoms with Crippen molar-refractivity contribution in [3.63, 3.8) is 0 Å². The van der Waals surface area contributed by atoms with Gasteiger partial charge in [0.1, 0.15) is 5.25 Å². The Balaban J connectivity index is 3.15. The lowest BCUT2D eigenvalue weighted by Crippen LogP contribution is -2.08. The molecular weight excluding hydrogens is 256 g/mol. The van der Waals surface area contributed by atoms with Crippen molar-refractivity contribution in [3.05, 3.63) is 29.8 Å². The van der Waals surface area contributed by atoms with Gasteiger partial charge in [-0.05, 0) is 24.6 Å². The molecule has 0 saturated carbocycles. The molecule has 0 bridgehead atoms. The number of hydrogen-bond donors (Lipinski definition) is 2. The van der Waals surface area contributed by atoms with E-state index < -0.39 is 25.5 Å². The summed E-state index contributed by atoms with van der Waals surface area (Å²) in [6.45, 7) is 1.26. The van der Waals surface area contributed by atoms with E-state index in [2.05, 4.69) is 0 Å². The lowest BCUT2D eigenvalue weighted by Gasteiger charge is -2.08. The highest BCUT2D eigenvalue weighted by molar-refractivity contribution is 7.86. The molecule has 2 N–H and O–H groups in total. The molecular formula is C8H10O6S2. The Morgan fingerprint density at radius 2 is 1.44 bits per heavy atom. The summed E-state index contributed by atoms with van der Waals surface area (Å²) in [4.78, 5) is -0.334. The van der Waals surface area contributed by atoms with Crippen molar-refractivity contribution in [2.75, 3.05) is 0 Å². The zero-order valence-corrected chi connectivity index (χ0v) is 9.86. The molecule has 0 aromatic heterocycles. The number of hydrogen-bond acceptors (Lipinski definition) is 4. The summed E-state index contributed by atoms with van der Waals surface area (Å²) in [5.74, 6) is 0. The van der Waals surface area contributed by atoms with Crippen molar-refractivity contribution in [3.8, 4) is 0 Å². The van der Waals surface area contributed by atoms with Crippen LogP contribution in [0.3, 0.4) is 0 Å². The van der Waals surface area contributed by atoms with E-state index in [0.29, 0.717) is 0 Å². The largest absolute Gasteiger partial charge is 0.294 e. The zero-order chi connectivity index (χ0) is 12.6. The molecule has 0 saturated heterocycles. The SMILES string of the molecule is C[C@@H](c1ccc(S(=O)(=O)O)cc1)S(=O)(=O)O. The second-order valence-corrected chi connectivity index (χ2v) is 6.36. The van der Waals surface area contributed by atoms with Crippen LogP contribution < -0.4 is 0 Å². The van der Waals surface area contributed by atoms with Gasteiger partial charge >= 0.3 is 0 Å². The highest BCUT2D eigenvalue weighted by Crippen LogP contribution is 2.21. The third-order valence-corrected chi connectivity index (χ3v) is 4.13. The van der Waals surface area contributed by atoms with E-state index >= 15 is 0 Å². The molecule has 0 heterocycles. The Hall–Kier alpha value is -0.960. The molecule has 16 heavy (non-hydrogen) atoms. The molecule has 0 fully saturated rings. The lowest BCUT2D eigenvalue weighted by atomic mass is 10.2. The highest BCUT2D eigenvalue weighted by atomic mass is 32.2. The van der Waals surface area contributed by atoms with Gasteiger partial charge < -0.3 is 0 Å². The molecule has 1 aromatic carbocycles. The van der Waals surface area contributed by atoms with Gasteiger partial charge in [-0.1, -0.05) is 12.1 Å². The standard InChI is InChI=1S/C8H10O6S2/c1-6(15(9,10)11)7-2-4-8(5-3-7)16(12,13)14/h2-6H,1H3,(H,9,10,11)(H,12,13,14)/t6-/m0/s1. The van der Waals surface area contributed by atoms with Crippen LogP contribution in [0.1, 0.15) is 17.7 Å². The fourth-order valence-corrected chi connectivity index (χ4v) is 2.06. The molecule has 0 unspecified atom stereocenters. The monoisotopic (exact) mass is 266 g/mol. The summed E-state index contributed by atoms with van der Waals surface area (Å²) in [6, 6.07) is 4.54. The predicted molar refractivity (Wildman–Crippen MR) is 56.2 cm³/mol. The molecule has 90 valence electrons. The first-order chi connectivity index (χ1) is 7.12. The van der Waals surface area contributed by atoms with Gasteiger partial charge in [0.2, 0.25) is 0 Å². The molecule has 0 aliphatic heterocycles. The van der Waals surface area contributed by atoms with E-state index in [9.17, 15) is 16.8 Å². The van der Waals surface area contributed by atoms with Gasteiger partial charge in [0.25, 0.3) is 20.2 Å². The number of benzene rings is 1. The van der Waals surface area contributed by atoms with Crippen molar-refractivity contribution in [1.29, 1.82) is 0 Å². The third-order valence-electron chi connectivity index (χ3n) is 2.09. The maximum Gasteiger partial charge on any atom is 0.294 e. The van der Waals surface area contributed by atoms with E-state index in [1.165, 1.54) is 19.1 Å². The van der Waals surface area contributed by atoms with Crippen LogP contribution in [-0.2, 0) is 20.2 Å². The first kappa shape index (κ1) is 13.1. The quantitative estimate of drug-likeness (QED) is 0.786. The molecule has 0 spiro atoms. The molecule has 0 aliphatic carbocycles. The lowest BCUT2D eigenvalue weighted by molar-refractivity contribution is 0.472. The van der Waals surface area contributed by atoms with Crippen LogP contribution in [-0.4, -0.2) is 25.9 Å². The first-order valence-corrected chi connectivity index (χ1v) is 7.10. The fraction of sp³-hybridized carbons (Fsp3) is 0.250. The smallest absolute Gasteiger partial charge is 0.285 e. The van der Waals surface area contributed by atoms with Crippen molar-refractivity contribution >= 4 is 20.2 Å². The van der Waals surface area contributed by atoms with Crippen LogP contribution in [0.2, 0.25) is 0 Å². The first-order valence-electron chi connectivity index (χ1n) is 4.16. The van der Waals surface area contributed by atoms with Gasteiger partial charge in [-0.3, -0.25) is 9.11 Å². The number of rotatable bonds is 3. The average molecular weight is 266 g/mol. The summed E-state index contributed by atoms with van der Waals surface area (Å²) in [5.41, 5.74) is 0.231. The third kappa shape index (κ3) is 3.01. The van der Waals surface area contributed by atoms with E-state index in [0.717, 1.165) is 12.1 Å². The summed E-state index contributed by atoms with van der Waals surface area (Å²) in [5, 5.41) is -1.15. The average Bonchev–Trinajstić information content (AvgIpc) is 2.14. The summed E-state index contributed by atoms with van der Waals surface area (Å²) >= 11 is 0. The molecule has 1 rings (SSSR count). The van der Waals surface area contributed by atoms with E-state index in [-0.39, 0.29) is 10.5 Å². The van der Waals surface area contributed by atoms with Gasteiger partial charge in [0.15, 0.2) is 0 Å². The Labute approximate surface area is 93.4 Å². The van der Waals surface area contributed by atoms with Crippen LogP contribution >= 0.6 is 0 Å². The summed E-state index contributed by atoms with van der Waals surface area (Å²) < 4.78 is 60.5. The fourth-order valence-electron chi connectivity index (χ4n) is 1.08. The predicted octanol–water partition coefficient (Wildman–Crippen LogP) is 0.882. The Bertz CT molecular complexity index is 569. The van der Waals surface area contributed by atoms with Crippen molar-refractivity contribution in [2.24, 2.45) is 0 Å². The van der Waals surface area contributed by atoms with E-state index in [4.69, 9.17) is 9.11 Å². The van der Waals surface area contributed by atoms with Gasteiger partial charge in [-0.25, -0.2) is 0 Å². The Kier molecular flexibility index (Phi) is 3.38. The minimum atomic E-state index is -4.29. The van der Waals surface area contributed by atoms with Crippen molar-refractivity contribution in [1.82, 2.24) is 0 Å². The van der Waals surface area contributed by atoms with Crippen molar-refractivity contribution < 1.29 is 25.9 Å². The van der Waals surface area contributed by atoms with E-state index in [1.54, 1.807) is 0 Å². The second kappa shape index (κ2) is 4.13. The van der Waals surface area contributed by atoms with Crippen LogP contribution in [0.25, 0.3) is 0 Å². The van der Waals surface area contributed by atoms with Gasteiger partial charge in [-0.15, -0.1) is 0 Å². The van der Waals surface area contributed by atoms with Crippen molar-refractivity contribution in [2.45, 2.75) is 17.1 Å². The summed E-state index contributed by atoms with van der Waals surface area (Å²) in [7, 11) is -8.51. The molecule has 0 radical (unpaired) electrons. The van der Waals surface area contributed by atoms with Crippen LogP contribution in [0, 0.1) is 0 Å². The Morgan fingerprint density at radius 3 is 1.75 bits per heavy atom. The van der Waals surface area contributed by atoms with Gasteiger partial charge in [0.05, 0.1) is 4.90 Å². The maximum atomic E-state index is 10.8. The maximum absolute atomic E-state index is 10.8. The van der Waals surface area contributed by atoms with Gasteiger partial charge in [-0.2, -0.15) is 16.8 Å². The minimum absolute atomic E-state index is 0.231. The van der Waals surface area contributed by atoms with Crippen LogP contribution in [0.5, 0.6) is 0 Å². The van der Waals surface area contributed by atoms with Crippen LogP contribution in [0.15, 0.2) is 29.2 Å². The zero-order valence-electron chi connectivity index (χ0n) is 8.23. The van der Waals surface area contributed by atoms with Gasteiger partial charge in [0, 0.05) is 0 Å². The minimum Gasteiger partial charge on any atom is -0.285 e. The molecule has 1 aromatic rings. The topological polar surface area (TPSA) is 109 Å². The molecule has 1 atom stereocenters. The molecule has 8 heteroatoms. The molecule has 6 nitrogen and oxygen atoms in total. The summed E-state index contributed by atoms with van der Waals surface area (Å²) in [6.07, 6.45) is 0.